The summed E-state index contributed by atoms with van der Waals surface area (Å²) in [5.41, 5.74) is 1.35. The molecule has 0 atom stereocenters. The van der Waals surface area contributed by atoms with Crippen LogP contribution in [0.1, 0.15) is 33.7 Å². The van der Waals surface area contributed by atoms with Crippen LogP contribution in [-0.4, -0.2) is 46.7 Å². The van der Waals surface area contributed by atoms with Crippen LogP contribution in [0.3, 0.4) is 0 Å². The number of aromatic amines is 1. The molecule has 1 aliphatic heterocycles. The molecule has 0 spiro atoms. The number of piperidine rings is 1. The molecule has 2 aromatic heterocycles. The van der Waals surface area contributed by atoms with Crippen molar-refractivity contribution in [3.8, 4) is 0 Å². The van der Waals surface area contributed by atoms with Crippen LogP contribution in [0.2, 0.25) is 0 Å². The van der Waals surface area contributed by atoms with E-state index in [2.05, 4.69) is 20.2 Å². The lowest BCUT2D eigenvalue weighted by atomic mass is 9.91. The number of carbonyl (C=O) groups is 2. The first-order valence-corrected chi connectivity index (χ1v) is 9.29. The number of anilines is 1. The second-order valence-corrected chi connectivity index (χ2v) is 7.20. The van der Waals surface area contributed by atoms with E-state index in [4.69, 9.17) is 0 Å². The highest BCUT2D eigenvalue weighted by molar-refractivity contribution is 6.12. The van der Waals surface area contributed by atoms with E-state index < -0.39 is 11.7 Å². The Kier molecular flexibility index (Phi) is 4.92. The van der Waals surface area contributed by atoms with Crippen molar-refractivity contribution in [1.29, 1.82) is 0 Å². The van der Waals surface area contributed by atoms with Crippen LogP contribution in [0.5, 0.6) is 0 Å². The maximum Gasteiger partial charge on any atom is 0.258 e. The van der Waals surface area contributed by atoms with Crippen LogP contribution in [0.25, 0.3) is 10.9 Å². The third kappa shape index (κ3) is 3.66. The fourth-order valence-corrected chi connectivity index (χ4v) is 3.59. The average Bonchev–Trinajstić information content (AvgIpc) is 3.11. The summed E-state index contributed by atoms with van der Waals surface area (Å²) in [6.45, 7) is 1.79. The van der Waals surface area contributed by atoms with Gasteiger partial charge in [0.25, 0.3) is 5.91 Å². The minimum absolute atomic E-state index is 0.0124. The summed E-state index contributed by atoms with van der Waals surface area (Å²) in [5.74, 6) is -0.544. The number of benzene rings is 1. The van der Waals surface area contributed by atoms with Crippen molar-refractivity contribution in [2.24, 2.45) is 5.92 Å². The molecule has 6 nitrogen and oxygen atoms in total. The van der Waals surface area contributed by atoms with E-state index in [1.165, 1.54) is 18.3 Å². The number of amides is 1. The number of nitrogens with zero attached hydrogens (tertiary/aromatic N) is 2. The zero-order chi connectivity index (χ0) is 19.7. The van der Waals surface area contributed by atoms with Gasteiger partial charge in [-0.1, -0.05) is 6.07 Å². The predicted octanol–water partition coefficient (Wildman–Crippen LogP) is 3.48. The molecule has 0 aliphatic carbocycles. The molecule has 144 valence electrons. The molecule has 0 unspecified atom stereocenters. The summed E-state index contributed by atoms with van der Waals surface area (Å²) in [6, 6.07) is 9.25. The number of hydrogen-bond acceptors (Lipinski definition) is 4. The summed E-state index contributed by atoms with van der Waals surface area (Å²) in [6.07, 6.45) is 3.16. The highest BCUT2D eigenvalue weighted by atomic mass is 19.1. The second-order valence-electron chi connectivity index (χ2n) is 7.20. The van der Waals surface area contributed by atoms with Crippen molar-refractivity contribution < 1.29 is 14.0 Å². The molecule has 2 N–H and O–H groups in total. The molecule has 7 heteroatoms. The highest BCUT2D eigenvalue weighted by Crippen LogP contribution is 2.22. The molecule has 1 aliphatic rings. The van der Waals surface area contributed by atoms with Gasteiger partial charge in [-0.05, 0) is 63.3 Å². The SMILES string of the molecule is CN1CCC(C(=O)c2cccc(NC(=O)c3c[nH]c4ccc(F)cc34)n2)CC1. The molecule has 4 rings (SSSR count). The fraction of sp³-hybridized carbons (Fsp3) is 0.286. The average molecular weight is 380 g/mol. The first-order chi connectivity index (χ1) is 13.5. The van der Waals surface area contributed by atoms with Crippen LogP contribution in [0, 0.1) is 11.7 Å². The van der Waals surface area contributed by atoms with E-state index in [0.29, 0.717) is 28.0 Å². The molecule has 3 aromatic rings. The molecular weight excluding hydrogens is 359 g/mol. The lowest BCUT2D eigenvalue weighted by Gasteiger charge is -2.27. The molecule has 0 radical (unpaired) electrons. The number of likely N-dealkylation sites (tertiary alicyclic amines) is 1. The van der Waals surface area contributed by atoms with Gasteiger partial charge in [-0.2, -0.15) is 0 Å². The third-order valence-corrected chi connectivity index (χ3v) is 5.22. The Morgan fingerprint density at radius 3 is 2.79 bits per heavy atom. The van der Waals surface area contributed by atoms with Gasteiger partial charge in [-0.15, -0.1) is 0 Å². The zero-order valence-electron chi connectivity index (χ0n) is 15.5. The highest BCUT2D eigenvalue weighted by Gasteiger charge is 2.25. The van der Waals surface area contributed by atoms with Crippen molar-refractivity contribution in [1.82, 2.24) is 14.9 Å². The van der Waals surface area contributed by atoms with E-state index in [-0.39, 0.29) is 11.7 Å². The normalized spacial score (nSPS) is 15.6. The van der Waals surface area contributed by atoms with Crippen LogP contribution in [-0.2, 0) is 0 Å². The fourth-order valence-electron chi connectivity index (χ4n) is 3.59. The number of Topliss-reactive ketones (excluding diaryl/α,β-unsaturated/α-hetero) is 1. The van der Waals surface area contributed by atoms with E-state index in [0.717, 1.165) is 25.9 Å². The van der Waals surface area contributed by atoms with Gasteiger partial charge >= 0.3 is 0 Å². The smallest absolute Gasteiger partial charge is 0.258 e. The quantitative estimate of drug-likeness (QED) is 0.680. The van der Waals surface area contributed by atoms with Gasteiger partial charge in [-0.3, -0.25) is 9.59 Å². The maximum atomic E-state index is 13.5. The molecule has 1 amide bonds. The first kappa shape index (κ1) is 18.3. The van der Waals surface area contributed by atoms with Gasteiger partial charge in [0.15, 0.2) is 5.78 Å². The number of pyridine rings is 1. The largest absolute Gasteiger partial charge is 0.360 e. The minimum Gasteiger partial charge on any atom is -0.360 e. The van der Waals surface area contributed by atoms with E-state index in [9.17, 15) is 14.0 Å². The van der Waals surface area contributed by atoms with E-state index in [1.54, 1.807) is 24.3 Å². The predicted molar refractivity (Wildman–Crippen MR) is 105 cm³/mol. The molecule has 1 saturated heterocycles. The van der Waals surface area contributed by atoms with Crippen LogP contribution < -0.4 is 5.32 Å². The lowest BCUT2D eigenvalue weighted by Crippen LogP contribution is -2.33. The van der Waals surface area contributed by atoms with Crippen molar-refractivity contribution in [3.05, 3.63) is 59.7 Å². The van der Waals surface area contributed by atoms with Gasteiger partial charge < -0.3 is 15.2 Å². The number of fused-ring (bicyclic) bond motifs is 1. The topological polar surface area (TPSA) is 78.1 Å². The summed E-state index contributed by atoms with van der Waals surface area (Å²) in [5, 5.41) is 3.20. The maximum absolute atomic E-state index is 13.5. The number of carbonyl (C=O) groups excluding carboxylic acids is 2. The van der Waals surface area contributed by atoms with Crippen LogP contribution in [0.15, 0.2) is 42.6 Å². The number of H-pyrrole nitrogens is 1. The number of nitrogens with one attached hydrogen (secondary N) is 2. The lowest BCUT2D eigenvalue weighted by molar-refractivity contribution is 0.0851. The zero-order valence-corrected chi connectivity index (χ0v) is 15.5. The molecular formula is C21H21FN4O2. The van der Waals surface area contributed by atoms with Crippen molar-refractivity contribution in [3.63, 3.8) is 0 Å². The van der Waals surface area contributed by atoms with Gasteiger partial charge in [0, 0.05) is 23.0 Å². The molecule has 28 heavy (non-hydrogen) atoms. The Morgan fingerprint density at radius 2 is 2.00 bits per heavy atom. The Bertz CT molecular complexity index is 1040. The summed E-state index contributed by atoms with van der Waals surface area (Å²) < 4.78 is 13.5. The molecule has 1 fully saturated rings. The number of hydrogen-bond donors (Lipinski definition) is 2. The molecule has 0 saturated carbocycles. The molecule has 0 bridgehead atoms. The van der Waals surface area contributed by atoms with Gasteiger partial charge in [0.2, 0.25) is 0 Å². The Hall–Kier alpha value is -3.06. The third-order valence-electron chi connectivity index (χ3n) is 5.22. The Morgan fingerprint density at radius 1 is 1.21 bits per heavy atom. The monoisotopic (exact) mass is 380 g/mol. The van der Waals surface area contributed by atoms with Crippen molar-refractivity contribution in [2.45, 2.75) is 12.8 Å². The Balaban J connectivity index is 1.52. The summed E-state index contributed by atoms with van der Waals surface area (Å²) >= 11 is 0. The number of aromatic nitrogens is 2. The first-order valence-electron chi connectivity index (χ1n) is 9.29. The van der Waals surface area contributed by atoms with Gasteiger partial charge in [0.1, 0.15) is 17.3 Å². The number of rotatable bonds is 4. The second kappa shape index (κ2) is 7.52. The Labute approximate surface area is 161 Å². The van der Waals surface area contributed by atoms with Crippen molar-refractivity contribution in [2.75, 3.05) is 25.5 Å². The number of halogens is 1. The molecule has 3 heterocycles. The van der Waals surface area contributed by atoms with E-state index >= 15 is 0 Å². The standard InChI is InChI=1S/C21H21FN4O2/c1-26-9-7-13(8-10-26)20(27)18-3-2-4-19(24-18)25-21(28)16-12-23-17-6-5-14(22)11-15(16)17/h2-6,11-13,23H,7-10H2,1H3,(H,24,25,28). The molecule has 1 aromatic carbocycles. The van der Waals surface area contributed by atoms with Crippen LogP contribution >= 0.6 is 0 Å². The van der Waals surface area contributed by atoms with Crippen molar-refractivity contribution >= 4 is 28.4 Å². The van der Waals surface area contributed by atoms with Gasteiger partial charge in [-0.25, -0.2) is 9.37 Å². The van der Waals surface area contributed by atoms with E-state index in [1.807, 2.05) is 7.05 Å². The number of ketones is 1. The van der Waals surface area contributed by atoms with Gasteiger partial charge in [0.05, 0.1) is 5.56 Å². The summed E-state index contributed by atoms with van der Waals surface area (Å²) in [4.78, 5) is 34.9. The summed E-state index contributed by atoms with van der Waals surface area (Å²) in [7, 11) is 2.05. The minimum atomic E-state index is -0.412. The van der Waals surface area contributed by atoms with Crippen LogP contribution in [0.4, 0.5) is 10.2 Å².